The number of nitrogens with one attached hydrogen (secondary N) is 1. The summed E-state index contributed by atoms with van der Waals surface area (Å²) in [5.74, 6) is 1.39. The maximum Gasteiger partial charge on any atom is 0.129 e. The molecule has 0 aromatic carbocycles. The molecule has 0 radical (unpaired) electrons. The van der Waals surface area contributed by atoms with Gasteiger partial charge in [0.25, 0.3) is 0 Å². The third-order valence-electron chi connectivity index (χ3n) is 2.92. The minimum Gasteiger partial charge on any atom is -0.396 e. The summed E-state index contributed by atoms with van der Waals surface area (Å²) in [4.78, 5) is 8.42. The van der Waals surface area contributed by atoms with Gasteiger partial charge in [0.2, 0.25) is 0 Å². The molecule has 0 fully saturated rings. The summed E-state index contributed by atoms with van der Waals surface area (Å²) in [5, 5.41) is 12.2. The molecule has 1 aromatic heterocycles. The number of aliphatic hydroxyl groups is 1. The van der Waals surface area contributed by atoms with Crippen LogP contribution < -0.4 is 5.32 Å². The van der Waals surface area contributed by atoms with Gasteiger partial charge in [-0.25, -0.2) is 9.97 Å². The Morgan fingerprint density at radius 1 is 1.35 bits per heavy atom. The van der Waals surface area contributed by atoms with Crippen LogP contribution in [0.1, 0.15) is 38.8 Å². The van der Waals surface area contributed by atoms with Crippen molar-refractivity contribution in [1.82, 2.24) is 9.97 Å². The van der Waals surface area contributed by atoms with Gasteiger partial charge in [0.15, 0.2) is 0 Å². The predicted octanol–water partition coefficient (Wildman–Crippen LogP) is 2.25. The zero-order valence-electron chi connectivity index (χ0n) is 10.8. The van der Waals surface area contributed by atoms with Crippen molar-refractivity contribution in [1.29, 1.82) is 0 Å². The molecule has 0 spiro atoms. The Hall–Kier alpha value is -1.16. The van der Waals surface area contributed by atoms with Crippen molar-refractivity contribution < 1.29 is 5.11 Å². The minimum atomic E-state index is 0.255. The fourth-order valence-electron chi connectivity index (χ4n) is 1.77. The smallest absolute Gasteiger partial charge is 0.129 e. The Morgan fingerprint density at radius 3 is 2.82 bits per heavy atom. The Morgan fingerprint density at radius 2 is 2.18 bits per heavy atom. The molecule has 0 aliphatic rings. The molecular weight excluding hydrogens is 214 g/mol. The lowest BCUT2D eigenvalue weighted by Crippen LogP contribution is -2.15. The molecule has 1 atom stereocenters. The molecule has 4 heteroatoms. The van der Waals surface area contributed by atoms with E-state index in [0.29, 0.717) is 5.92 Å². The van der Waals surface area contributed by atoms with E-state index in [1.807, 2.05) is 6.07 Å². The first kappa shape index (κ1) is 13.9. The van der Waals surface area contributed by atoms with Gasteiger partial charge in [0, 0.05) is 24.9 Å². The highest BCUT2D eigenvalue weighted by molar-refractivity contribution is 5.34. The first-order valence-electron chi connectivity index (χ1n) is 6.45. The van der Waals surface area contributed by atoms with Crippen LogP contribution in [0.3, 0.4) is 0 Å². The largest absolute Gasteiger partial charge is 0.396 e. The highest BCUT2D eigenvalue weighted by Gasteiger charge is 2.06. The minimum absolute atomic E-state index is 0.255. The first-order chi connectivity index (χ1) is 8.30. The normalized spacial score (nSPS) is 12.4. The van der Waals surface area contributed by atoms with E-state index in [-0.39, 0.29) is 6.61 Å². The molecule has 4 nitrogen and oxygen atoms in total. The fourth-order valence-corrected chi connectivity index (χ4v) is 1.77. The van der Waals surface area contributed by atoms with Crippen LogP contribution in [0, 0.1) is 5.92 Å². The highest BCUT2D eigenvalue weighted by Crippen LogP contribution is 2.11. The van der Waals surface area contributed by atoms with Crippen molar-refractivity contribution in [3.63, 3.8) is 0 Å². The molecule has 1 aromatic rings. The summed E-state index contributed by atoms with van der Waals surface area (Å²) in [7, 11) is 0. The lowest BCUT2D eigenvalue weighted by atomic mass is 10.0. The van der Waals surface area contributed by atoms with Gasteiger partial charge in [-0.05, 0) is 18.8 Å². The molecule has 0 aliphatic heterocycles. The average Bonchev–Trinajstić information content (AvgIpc) is 2.35. The van der Waals surface area contributed by atoms with E-state index in [4.69, 9.17) is 5.11 Å². The van der Waals surface area contributed by atoms with Gasteiger partial charge >= 0.3 is 0 Å². The number of rotatable bonds is 8. The molecule has 0 saturated heterocycles. The maximum absolute atomic E-state index is 8.93. The van der Waals surface area contributed by atoms with Crippen molar-refractivity contribution in [3.05, 3.63) is 18.1 Å². The Balaban J connectivity index is 2.47. The van der Waals surface area contributed by atoms with Crippen molar-refractivity contribution in [2.24, 2.45) is 5.92 Å². The molecular formula is C13H23N3O. The standard InChI is InChI=1S/C13H23N3O/c1-3-5-12-8-13(16-10-15-12)14-9-11(4-2)6-7-17/h8,10-11,17H,3-7,9H2,1-2H3,(H,14,15,16). The zero-order valence-corrected chi connectivity index (χ0v) is 10.8. The van der Waals surface area contributed by atoms with Crippen LogP contribution in [0.25, 0.3) is 0 Å². The zero-order chi connectivity index (χ0) is 12.5. The van der Waals surface area contributed by atoms with E-state index >= 15 is 0 Å². The van der Waals surface area contributed by atoms with E-state index in [2.05, 4.69) is 29.1 Å². The molecule has 17 heavy (non-hydrogen) atoms. The number of anilines is 1. The molecule has 1 heterocycles. The van der Waals surface area contributed by atoms with Gasteiger partial charge in [-0.15, -0.1) is 0 Å². The van der Waals surface area contributed by atoms with E-state index in [9.17, 15) is 0 Å². The predicted molar refractivity (Wildman–Crippen MR) is 70.0 cm³/mol. The average molecular weight is 237 g/mol. The molecule has 96 valence electrons. The van der Waals surface area contributed by atoms with Crippen molar-refractivity contribution in [2.75, 3.05) is 18.5 Å². The second-order valence-corrected chi connectivity index (χ2v) is 4.31. The summed E-state index contributed by atoms with van der Waals surface area (Å²) in [6.07, 6.45) is 5.61. The quantitative estimate of drug-likeness (QED) is 0.728. The molecule has 1 rings (SSSR count). The highest BCUT2D eigenvalue weighted by atomic mass is 16.3. The molecule has 1 unspecified atom stereocenters. The monoisotopic (exact) mass is 237 g/mol. The molecule has 2 N–H and O–H groups in total. The van der Waals surface area contributed by atoms with Crippen molar-refractivity contribution in [3.8, 4) is 0 Å². The van der Waals surface area contributed by atoms with Gasteiger partial charge < -0.3 is 10.4 Å². The topological polar surface area (TPSA) is 58.0 Å². The van der Waals surface area contributed by atoms with Crippen LogP contribution >= 0.6 is 0 Å². The Bertz CT molecular complexity index is 317. The summed E-state index contributed by atoms with van der Waals surface area (Å²) in [6, 6.07) is 2.01. The Labute approximate surface area is 103 Å². The third-order valence-corrected chi connectivity index (χ3v) is 2.92. The van der Waals surface area contributed by atoms with E-state index < -0.39 is 0 Å². The second-order valence-electron chi connectivity index (χ2n) is 4.31. The van der Waals surface area contributed by atoms with Gasteiger partial charge in [-0.3, -0.25) is 0 Å². The van der Waals surface area contributed by atoms with Crippen LogP contribution in [0.2, 0.25) is 0 Å². The summed E-state index contributed by atoms with van der Waals surface area (Å²) >= 11 is 0. The van der Waals surface area contributed by atoms with Crippen LogP contribution in [0.5, 0.6) is 0 Å². The molecule has 0 amide bonds. The maximum atomic E-state index is 8.93. The van der Waals surface area contributed by atoms with Crippen LogP contribution in [0.15, 0.2) is 12.4 Å². The second kappa shape index (κ2) is 8.01. The fraction of sp³-hybridized carbons (Fsp3) is 0.692. The molecule has 0 aliphatic carbocycles. The lowest BCUT2D eigenvalue weighted by molar-refractivity contribution is 0.258. The summed E-state index contributed by atoms with van der Waals surface area (Å²) in [5.41, 5.74) is 1.08. The summed E-state index contributed by atoms with van der Waals surface area (Å²) < 4.78 is 0. The number of aryl methyl sites for hydroxylation is 1. The summed E-state index contributed by atoms with van der Waals surface area (Å²) in [6.45, 7) is 5.40. The van der Waals surface area contributed by atoms with Crippen molar-refractivity contribution >= 4 is 5.82 Å². The first-order valence-corrected chi connectivity index (χ1v) is 6.45. The van der Waals surface area contributed by atoms with Crippen LogP contribution in [0.4, 0.5) is 5.82 Å². The van der Waals surface area contributed by atoms with E-state index in [1.165, 1.54) is 0 Å². The third kappa shape index (κ3) is 5.13. The van der Waals surface area contributed by atoms with Crippen molar-refractivity contribution in [2.45, 2.75) is 39.5 Å². The van der Waals surface area contributed by atoms with E-state index in [0.717, 1.165) is 43.7 Å². The Kier molecular flexibility index (Phi) is 6.55. The molecule has 0 bridgehead atoms. The lowest BCUT2D eigenvalue weighted by Gasteiger charge is -2.14. The van der Waals surface area contributed by atoms with Gasteiger partial charge in [0.1, 0.15) is 12.1 Å². The van der Waals surface area contributed by atoms with Crippen LogP contribution in [-0.2, 0) is 6.42 Å². The number of aliphatic hydroxyl groups excluding tert-OH is 1. The van der Waals surface area contributed by atoms with Gasteiger partial charge in [-0.2, -0.15) is 0 Å². The van der Waals surface area contributed by atoms with Crippen LogP contribution in [-0.4, -0.2) is 28.2 Å². The number of hydrogen-bond donors (Lipinski definition) is 2. The van der Waals surface area contributed by atoms with Gasteiger partial charge in [-0.1, -0.05) is 26.7 Å². The SMILES string of the molecule is CCCc1cc(NCC(CC)CCO)ncn1. The van der Waals surface area contributed by atoms with E-state index in [1.54, 1.807) is 6.33 Å². The van der Waals surface area contributed by atoms with Gasteiger partial charge in [0.05, 0.1) is 0 Å². The molecule has 0 saturated carbocycles. The number of aromatic nitrogens is 2. The number of nitrogens with zero attached hydrogens (tertiary/aromatic N) is 2. The number of hydrogen-bond acceptors (Lipinski definition) is 4.